The molecule has 2 rings (SSSR count). The number of carbonyl (C=O) groups excluding carboxylic acids is 2. The zero-order chi connectivity index (χ0) is 22.6. The van der Waals surface area contributed by atoms with Crippen LogP contribution in [0.4, 0.5) is 0 Å². The number of hydrogen-bond donors (Lipinski definition) is 1. The van der Waals surface area contributed by atoms with Gasteiger partial charge in [0.05, 0.1) is 7.11 Å². The predicted molar refractivity (Wildman–Crippen MR) is 127 cm³/mol. The van der Waals surface area contributed by atoms with Crippen LogP contribution in [0.2, 0.25) is 0 Å². The topological polar surface area (TPSA) is 58.6 Å². The molecule has 1 atom stereocenters. The predicted octanol–water partition coefficient (Wildman–Crippen LogP) is 4.82. The fraction of sp³-hybridized carbons (Fsp3) is 0.440. The highest BCUT2D eigenvalue weighted by atomic mass is 32.2. The molecule has 168 valence electrons. The molecule has 0 aliphatic heterocycles. The molecule has 31 heavy (non-hydrogen) atoms. The lowest BCUT2D eigenvalue weighted by Gasteiger charge is -2.29. The fourth-order valence-electron chi connectivity index (χ4n) is 3.08. The van der Waals surface area contributed by atoms with Crippen LogP contribution in [-0.4, -0.2) is 42.2 Å². The quantitative estimate of drug-likeness (QED) is 0.378. The first-order valence-corrected chi connectivity index (χ1v) is 11.8. The first kappa shape index (κ1) is 24.8. The van der Waals surface area contributed by atoms with Crippen LogP contribution in [0.3, 0.4) is 0 Å². The van der Waals surface area contributed by atoms with Crippen LogP contribution in [0, 0.1) is 6.92 Å². The molecule has 2 aromatic carbocycles. The van der Waals surface area contributed by atoms with Crippen LogP contribution < -0.4 is 10.1 Å². The second-order valence-corrected chi connectivity index (χ2v) is 8.77. The Morgan fingerprint density at radius 1 is 1.10 bits per heavy atom. The van der Waals surface area contributed by atoms with Crippen molar-refractivity contribution in [2.24, 2.45) is 0 Å². The molecule has 6 heteroatoms. The molecule has 2 aromatic rings. The summed E-state index contributed by atoms with van der Waals surface area (Å²) in [6.45, 7) is 6.96. The number of amides is 2. The summed E-state index contributed by atoms with van der Waals surface area (Å²) in [5.41, 5.74) is 2.18. The largest absolute Gasteiger partial charge is 0.497 e. The fourth-order valence-corrected chi connectivity index (χ4v) is 3.92. The van der Waals surface area contributed by atoms with E-state index in [1.165, 1.54) is 5.56 Å². The standard InChI is InChI=1S/C25H34N2O3S/c1-5-6-16-26-25(29)20(3)27(18-21-9-11-22(30-4)12-10-21)24(28)15-17-31-23-13-7-19(2)8-14-23/h7-14,20H,5-6,15-18H2,1-4H3,(H,26,29)/t20-/m1/s1. The molecule has 2 amide bonds. The molecular formula is C25H34N2O3S. The second kappa shape index (κ2) is 13.1. The summed E-state index contributed by atoms with van der Waals surface area (Å²) in [5.74, 6) is 1.31. The summed E-state index contributed by atoms with van der Waals surface area (Å²) in [6.07, 6.45) is 2.32. The molecule has 0 saturated heterocycles. The van der Waals surface area contributed by atoms with E-state index in [-0.39, 0.29) is 11.8 Å². The van der Waals surface area contributed by atoms with Gasteiger partial charge >= 0.3 is 0 Å². The summed E-state index contributed by atoms with van der Waals surface area (Å²) in [6, 6.07) is 15.4. The second-order valence-electron chi connectivity index (χ2n) is 7.60. The lowest BCUT2D eigenvalue weighted by molar-refractivity contribution is -0.140. The van der Waals surface area contributed by atoms with E-state index in [0.29, 0.717) is 25.3 Å². The van der Waals surface area contributed by atoms with Crippen molar-refractivity contribution in [3.63, 3.8) is 0 Å². The maximum Gasteiger partial charge on any atom is 0.242 e. The minimum atomic E-state index is -0.532. The van der Waals surface area contributed by atoms with Gasteiger partial charge in [-0.15, -0.1) is 11.8 Å². The Morgan fingerprint density at radius 3 is 2.39 bits per heavy atom. The third kappa shape index (κ3) is 8.29. The van der Waals surface area contributed by atoms with Gasteiger partial charge in [0.1, 0.15) is 11.8 Å². The molecule has 0 fully saturated rings. The van der Waals surface area contributed by atoms with Crippen molar-refractivity contribution in [3.05, 3.63) is 59.7 Å². The van der Waals surface area contributed by atoms with E-state index in [4.69, 9.17) is 4.74 Å². The number of hydrogen-bond acceptors (Lipinski definition) is 4. The SMILES string of the molecule is CCCCNC(=O)[C@@H](C)N(Cc1ccc(OC)cc1)C(=O)CCSc1ccc(C)cc1. The van der Waals surface area contributed by atoms with Gasteiger partial charge < -0.3 is 15.0 Å². The Hall–Kier alpha value is -2.47. The molecule has 0 aliphatic carbocycles. The summed E-state index contributed by atoms with van der Waals surface area (Å²) < 4.78 is 5.22. The molecule has 0 unspecified atom stereocenters. The van der Waals surface area contributed by atoms with E-state index in [1.54, 1.807) is 30.7 Å². The van der Waals surface area contributed by atoms with Gasteiger partial charge in [0, 0.05) is 30.2 Å². The number of nitrogens with zero attached hydrogens (tertiary/aromatic N) is 1. The van der Waals surface area contributed by atoms with E-state index in [0.717, 1.165) is 29.1 Å². The number of aryl methyl sites for hydroxylation is 1. The van der Waals surface area contributed by atoms with Gasteiger partial charge in [-0.2, -0.15) is 0 Å². The van der Waals surface area contributed by atoms with Crippen molar-refractivity contribution in [1.82, 2.24) is 10.2 Å². The molecule has 0 heterocycles. The average molecular weight is 443 g/mol. The van der Waals surface area contributed by atoms with Crippen LogP contribution >= 0.6 is 11.8 Å². The van der Waals surface area contributed by atoms with Gasteiger partial charge in [-0.25, -0.2) is 0 Å². The van der Waals surface area contributed by atoms with Gasteiger partial charge in [-0.1, -0.05) is 43.2 Å². The first-order valence-electron chi connectivity index (χ1n) is 10.8. The lowest BCUT2D eigenvalue weighted by atomic mass is 10.1. The third-order valence-electron chi connectivity index (χ3n) is 5.11. The van der Waals surface area contributed by atoms with Gasteiger partial charge in [0.2, 0.25) is 11.8 Å². The Labute approximate surface area is 190 Å². The number of thioether (sulfide) groups is 1. The average Bonchev–Trinajstić information content (AvgIpc) is 2.78. The van der Waals surface area contributed by atoms with Crippen molar-refractivity contribution in [1.29, 1.82) is 0 Å². The highest BCUT2D eigenvalue weighted by Gasteiger charge is 2.25. The highest BCUT2D eigenvalue weighted by Crippen LogP contribution is 2.21. The zero-order valence-corrected chi connectivity index (χ0v) is 19.8. The number of unbranched alkanes of at least 4 members (excludes halogenated alkanes) is 1. The summed E-state index contributed by atoms with van der Waals surface area (Å²) >= 11 is 1.66. The molecule has 0 radical (unpaired) electrons. The maximum absolute atomic E-state index is 13.1. The molecule has 1 N–H and O–H groups in total. The maximum atomic E-state index is 13.1. The van der Waals surface area contributed by atoms with Crippen LogP contribution in [0.5, 0.6) is 5.75 Å². The van der Waals surface area contributed by atoms with Crippen molar-refractivity contribution in [3.8, 4) is 5.75 Å². The zero-order valence-electron chi connectivity index (χ0n) is 19.0. The number of methoxy groups -OCH3 is 1. The number of rotatable bonds is 12. The van der Waals surface area contributed by atoms with E-state index in [1.807, 2.05) is 24.3 Å². The first-order chi connectivity index (χ1) is 14.9. The number of ether oxygens (including phenoxy) is 1. The lowest BCUT2D eigenvalue weighted by Crippen LogP contribution is -2.47. The smallest absolute Gasteiger partial charge is 0.242 e. The van der Waals surface area contributed by atoms with Crippen LogP contribution in [0.1, 0.15) is 44.2 Å². The molecular weight excluding hydrogens is 408 g/mol. The molecule has 0 aliphatic rings. The van der Waals surface area contributed by atoms with Crippen LogP contribution in [0.15, 0.2) is 53.4 Å². The van der Waals surface area contributed by atoms with E-state index >= 15 is 0 Å². The number of benzene rings is 2. The summed E-state index contributed by atoms with van der Waals surface area (Å²) in [4.78, 5) is 28.6. The highest BCUT2D eigenvalue weighted by molar-refractivity contribution is 7.99. The monoisotopic (exact) mass is 442 g/mol. The third-order valence-corrected chi connectivity index (χ3v) is 6.13. The minimum absolute atomic E-state index is 0.0198. The van der Waals surface area contributed by atoms with E-state index < -0.39 is 6.04 Å². The number of carbonyl (C=O) groups is 2. The van der Waals surface area contributed by atoms with E-state index in [9.17, 15) is 9.59 Å². The Morgan fingerprint density at radius 2 is 1.77 bits per heavy atom. The van der Waals surface area contributed by atoms with Gasteiger partial charge in [0.15, 0.2) is 0 Å². The van der Waals surface area contributed by atoms with Crippen molar-refractivity contribution in [2.75, 3.05) is 19.4 Å². The van der Waals surface area contributed by atoms with Gasteiger partial charge in [0.25, 0.3) is 0 Å². The molecule has 0 spiro atoms. The summed E-state index contributed by atoms with van der Waals surface area (Å²) in [5, 5.41) is 2.95. The Kier molecular flexibility index (Phi) is 10.4. The molecule has 0 bridgehead atoms. The van der Waals surface area contributed by atoms with Crippen LogP contribution in [-0.2, 0) is 16.1 Å². The van der Waals surface area contributed by atoms with Gasteiger partial charge in [-0.05, 0) is 50.1 Å². The normalized spacial score (nSPS) is 11.6. The van der Waals surface area contributed by atoms with Gasteiger partial charge in [-0.3, -0.25) is 9.59 Å². The molecule has 0 aromatic heterocycles. The van der Waals surface area contributed by atoms with E-state index in [2.05, 4.69) is 43.4 Å². The molecule has 0 saturated carbocycles. The van der Waals surface area contributed by atoms with Crippen molar-refractivity contribution >= 4 is 23.6 Å². The summed E-state index contributed by atoms with van der Waals surface area (Å²) in [7, 11) is 1.62. The Balaban J connectivity index is 2.03. The van der Waals surface area contributed by atoms with Crippen molar-refractivity contribution < 1.29 is 14.3 Å². The Bertz CT molecular complexity index is 822. The molecule has 5 nitrogen and oxygen atoms in total. The van der Waals surface area contributed by atoms with Crippen molar-refractivity contribution in [2.45, 2.75) is 57.5 Å². The number of nitrogens with one attached hydrogen (secondary N) is 1. The van der Waals surface area contributed by atoms with Crippen LogP contribution in [0.25, 0.3) is 0 Å². The minimum Gasteiger partial charge on any atom is -0.497 e.